The first-order valence-electron chi connectivity index (χ1n) is 5.81. The van der Waals surface area contributed by atoms with E-state index in [1.807, 2.05) is 7.05 Å². The van der Waals surface area contributed by atoms with Crippen LogP contribution in [0.4, 0.5) is 11.4 Å². The molecule has 1 aliphatic heterocycles. The topological polar surface area (TPSA) is 52.9 Å². The molecule has 17 heavy (non-hydrogen) atoms. The summed E-state index contributed by atoms with van der Waals surface area (Å²) in [6.45, 7) is 6.49. The highest BCUT2D eigenvalue weighted by molar-refractivity contribution is 5.68. The number of hydrogen-bond acceptors (Lipinski definition) is 4. The normalized spacial score (nSPS) is 22.1. The van der Waals surface area contributed by atoms with E-state index in [0.717, 1.165) is 17.7 Å². The number of nitroso groups, excluding NO2 is 1. The van der Waals surface area contributed by atoms with Crippen molar-refractivity contribution in [3.05, 3.63) is 22.6 Å². The Morgan fingerprint density at radius 3 is 2.71 bits per heavy atom. The van der Waals surface area contributed by atoms with Crippen LogP contribution >= 0.6 is 0 Å². The number of rotatable bonds is 1. The van der Waals surface area contributed by atoms with Gasteiger partial charge in [-0.3, -0.25) is 0 Å². The third-order valence-electron chi connectivity index (χ3n) is 3.83. The quantitative estimate of drug-likeness (QED) is 0.756. The second kappa shape index (κ2) is 3.72. The Morgan fingerprint density at radius 2 is 2.12 bits per heavy atom. The maximum absolute atomic E-state index is 10.6. The van der Waals surface area contributed by atoms with Crippen molar-refractivity contribution in [2.45, 2.75) is 38.6 Å². The molecule has 0 saturated carbocycles. The predicted molar refractivity (Wildman–Crippen MR) is 69.1 cm³/mol. The molecule has 1 N–H and O–H groups in total. The van der Waals surface area contributed by atoms with Crippen molar-refractivity contribution < 1.29 is 5.11 Å². The number of phenols is 1. The molecular formula is C13H18N2O2. The largest absolute Gasteiger partial charge is 0.505 e. The first kappa shape index (κ1) is 11.9. The molecule has 0 spiro atoms. The van der Waals surface area contributed by atoms with Crippen molar-refractivity contribution >= 4 is 11.4 Å². The van der Waals surface area contributed by atoms with E-state index in [1.54, 1.807) is 12.1 Å². The Bertz CT molecular complexity index is 469. The van der Waals surface area contributed by atoms with Crippen LogP contribution in [-0.4, -0.2) is 17.7 Å². The summed E-state index contributed by atoms with van der Waals surface area (Å²) in [6, 6.07) is 3.34. The molecule has 0 aliphatic carbocycles. The minimum Gasteiger partial charge on any atom is -0.505 e. The lowest BCUT2D eigenvalue weighted by molar-refractivity contribution is 0.393. The Labute approximate surface area is 101 Å². The fraction of sp³-hybridized carbons (Fsp3) is 0.538. The third-order valence-corrected chi connectivity index (χ3v) is 3.83. The van der Waals surface area contributed by atoms with Gasteiger partial charge in [0.2, 0.25) is 0 Å². The van der Waals surface area contributed by atoms with Crippen LogP contribution in [0.2, 0.25) is 0 Å². The standard InChI is InChI=1S/C13H18N2O2/c1-8-7-13(2,3)15(4)11-6-12(16)10(14-17)5-9(8)11/h5-6,8,16H,7H2,1-4H3. The molecule has 4 nitrogen and oxygen atoms in total. The van der Waals surface area contributed by atoms with Gasteiger partial charge in [0.1, 0.15) is 11.4 Å². The molecule has 0 radical (unpaired) electrons. The first-order chi connectivity index (χ1) is 7.86. The molecule has 92 valence electrons. The Kier molecular flexibility index (Phi) is 2.60. The zero-order valence-corrected chi connectivity index (χ0v) is 10.7. The van der Waals surface area contributed by atoms with Gasteiger partial charge in [-0.25, -0.2) is 0 Å². The van der Waals surface area contributed by atoms with Crippen LogP contribution in [0.25, 0.3) is 0 Å². The molecular weight excluding hydrogens is 216 g/mol. The highest BCUT2D eigenvalue weighted by Gasteiger charge is 2.34. The fourth-order valence-electron chi connectivity index (χ4n) is 2.66. The van der Waals surface area contributed by atoms with Crippen molar-refractivity contribution in [2.24, 2.45) is 5.18 Å². The lowest BCUT2D eigenvalue weighted by Gasteiger charge is -2.45. The van der Waals surface area contributed by atoms with Gasteiger partial charge < -0.3 is 10.0 Å². The molecule has 1 aliphatic rings. The second-order valence-electron chi connectivity index (χ2n) is 5.47. The molecule has 1 heterocycles. The maximum atomic E-state index is 10.6. The number of aromatic hydroxyl groups is 1. The van der Waals surface area contributed by atoms with Crippen LogP contribution < -0.4 is 4.90 Å². The number of nitrogens with zero attached hydrogens (tertiary/aromatic N) is 2. The lowest BCUT2D eigenvalue weighted by atomic mass is 9.80. The summed E-state index contributed by atoms with van der Waals surface area (Å²) in [5.74, 6) is 0.313. The van der Waals surface area contributed by atoms with E-state index in [1.165, 1.54) is 0 Å². The number of phenolic OH excluding ortho intramolecular Hbond substituents is 1. The molecule has 1 aromatic carbocycles. The van der Waals surface area contributed by atoms with E-state index >= 15 is 0 Å². The van der Waals surface area contributed by atoms with Gasteiger partial charge in [0.15, 0.2) is 0 Å². The highest BCUT2D eigenvalue weighted by atomic mass is 16.3. The SMILES string of the molecule is CC1CC(C)(C)N(C)c2cc(O)c(N=O)cc21. The predicted octanol–water partition coefficient (Wildman–Crippen LogP) is 3.51. The minimum atomic E-state index is -0.0458. The minimum absolute atomic E-state index is 0.0458. The van der Waals surface area contributed by atoms with E-state index < -0.39 is 0 Å². The summed E-state index contributed by atoms with van der Waals surface area (Å²) in [7, 11) is 2.01. The fourth-order valence-corrected chi connectivity index (χ4v) is 2.66. The third kappa shape index (κ3) is 1.77. The summed E-state index contributed by atoms with van der Waals surface area (Å²) in [5, 5.41) is 12.6. The van der Waals surface area contributed by atoms with Crippen LogP contribution in [-0.2, 0) is 0 Å². The molecule has 0 amide bonds. The van der Waals surface area contributed by atoms with Crippen LogP contribution in [0.5, 0.6) is 5.75 Å². The molecule has 1 unspecified atom stereocenters. The summed E-state index contributed by atoms with van der Waals surface area (Å²) in [6.07, 6.45) is 1.01. The van der Waals surface area contributed by atoms with Gasteiger partial charge in [-0.2, -0.15) is 0 Å². The van der Waals surface area contributed by atoms with Gasteiger partial charge in [-0.05, 0) is 43.0 Å². The van der Waals surface area contributed by atoms with Crippen molar-refractivity contribution in [2.75, 3.05) is 11.9 Å². The van der Waals surface area contributed by atoms with Crippen molar-refractivity contribution in [1.29, 1.82) is 0 Å². The maximum Gasteiger partial charge on any atom is 0.150 e. The van der Waals surface area contributed by atoms with Gasteiger partial charge in [0.05, 0.1) is 0 Å². The number of hydrogen-bond donors (Lipinski definition) is 1. The summed E-state index contributed by atoms with van der Waals surface area (Å²) >= 11 is 0. The van der Waals surface area contributed by atoms with Gasteiger partial charge >= 0.3 is 0 Å². The molecule has 4 heteroatoms. The van der Waals surface area contributed by atoms with Crippen LogP contribution in [0.15, 0.2) is 17.3 Å². The van der Waals surface area contributed by atoms with Gasteiger partial charge in [0.25, 0.3) is 0 Å². The number of fused-ring (bicyclic) bond motifs is 1. The summed E-state index contributed by atoms with van der Waals surface area (Å²) in [4.78, 5) is 12.8. The summed E-state index contributed by atoms with van der Waals surface area (Å²) < 4.78 is 0. The molecule has 1 atom stereocenters. The molecule has 1 aromatic rings. The van der Waals surface area contributed by atoms with Crippen LogP contribution in [0.3, 0.4) is 0 Å². The summed E-state index contributed by atoms with van der Waals surface area (Å²) in [5.41, 5.74) is 2.25. The number of benzene rings is 1. The van der Waals surface area contributed by atoms with E-state index in [9.17, 15) is 10.0 Å². The molecule has 0 fully saturated rings. The molecule has 0 aromatic heterocycles. The van der Waals surface area contributed by atoms with E-state index in [4.69, 9.17) is 0 Å². The zero-order valence-electron chi connectivity index (χ0n) is 10.7. The average Bonchev–Trinajstić information content (AvgIpc) is 2.25. The smallest absolute Gasteiger partial charge is 0.150 e. The Morgan fingerprint density at radius 1 is 1.47 bits per heavy atom. The number of anilines is 1. The average molecular weight is 234 g/mol. The Balaban J connectivity index is 2.61. The van der Waals surface area contributed by atoms with Gasteiger partial charge in [0, 0.05) is 24.3 Å². The van der Waals surface area contributed by atoms with E-state index in [0.29, 0.717) is 5.92 Å². The monoisotopic (exact) mass is 234 g/mol. The van der Waals surface area contributed by atoms with Crippen LogP contribution in [0, 0.1) is 4.91 Å². The van der Waals surface area contributed by atoms with Crippen molar-refractivity contribution in [1.82, 2.24) is 0 Å². The van der Waals surface area contributed by atoms with Crippen molar-refractivity contribution in [3.8, 4) is 5.75 Å². The molecule has 2 rings (SSSR count). The Hall–Kier alpha value is -1.58. The highest BCUT2D eigenvalue weighted by Crippen LogP contribution is 2.46. The zero-order chi connectivity index (χ0) is 12.8. The van der Waals surface area contributed by atoms with Gasteiger partial charge in [-0.1, -0.05) is 6.92 Å². The lowest BCUT2D eigenvalue weighted by Crippen LogP contribution is -2.45. The molecule has 0 bridgehead atoms. The first-order valence-corrected chi connectivity index (χ1v) is 5.81. The van der Waals surface area contributed by atoms with Gasteiger partial charge in [-0.15, -0.1) is 4.91 Å². The van der Waals surface area contributed by atoms with Crippen molar-refractivity contribution in [3.63, 3.8) is 0 Å². The van der Waals surface area contributed by atoms with Crippen LogP contribution in [0.1, 0.15) is 38.7 Å². The van der Waals surface area contributed by atoms with E-state index in [2.05, 4.69) is 30.8 Å². The van der Waals surface area contributed by atoms with E-state index in [-0.39, 0.29) is 17.0 Å². The molecule has 0 saturated heterocycles. The second-order valence-corrected chi connectivity index (χ2v) is 5.47.